The zero-order valence-electron chi connectivity index (χ0n) is 14.4. The molecule has 0 spiro atoms. The molecule has 0 aliphatic carbocycles. The Kier molecular flexibility index (Phi) is 6.82. The van der Waals surface area contributed by atoms with Crippen molar-refractivity contribution in [2.75, 3.05) is 19.6 Å². The molecule has 0 aromatic carbocycles. The van der Waals surface area contributed by atoms with Crippen LogP contribution in [0.2, 0.25) is 0 Å². The topological polar surface area (TPSA) is 6.48 Å². The average Bonchev–Trinajstić information content (AvgIpc) is 2.52. The van der Waals surface area contributed by atoms with Gasteiger partial charge in [-0.15, -0.1) is 0 Å². The quantitative estimate of drug-likeness (QED) is 0.622. The van der Waals surface area contributed by atoms with Gasteiger partial charge in [-0.1, -0.05) is 39.2 Å². The van der Waals surface area contributed by atoms with Gasteiger partial charge in [0.05, 0.1) is 0 Å². The molecular formula is C19H34N2. The molecule has 120 valence electrons. The van der Waals surface area contributed by atoms with Gasteiger partial charge in [0, 0.05) is 25.8 Å². The SMILES string of the molecule is CCCCCCC1=CC=CN(CC)C1N1CCC(C)CC1. The van der Waals surface area contributed by atoms with E-state index in [1.165, 1.54) is 58.0 Å². The van der Waals surface area contributed by atoms with Crippen molar-refractivity contribution < 1.29 is 0 Å². The van der Waals surface area contributed by atoms with Gasteiger partial charge in [0.2, 0.25) is 0 Å². The Morgan fingerprint density at radius 3 is 2.52 bits per heavy atom. The Hall–Kier alpha value is -0.760. The fraction of sp³-hybridized carbons (Fsp3) is 0.789. The second-order valence-corrected chi connectivity index (χ2v) is 6.82. The maximum atomic E-state index is 2.72. The molecule has 0 amide bonds. The maximum absolute atomic E-state index is 2.72. The van der Waals surface area contributed by atoms with Gasteiger partial charge in [-0.2, -0.15) is 0 Å². The summed E-state index contributed by atoms with van der Waals surface area (Å²) in [7, 11) is 0. The van der Waals surface area contributed by atoms with Crippen molar-refractivity contribution in [3.8, 4) is 0 Å². The highest BCUT2D eigenvalue weighted by atomic mass is 15.3. The Bertz CT molecular complexity index is 351. The van der Waals surface area contributed by atoms with Crippen molar-refractivity contribution in [2.45, 2.75) is 71.9 Å². The number of likely N-dealkylation sites (tertiary alicyclic amines) is 1. The van der Waals surface area contributed by atoms with E-state index in [9.17, 15) is 0 Å². The molecule has 0 N–H and O–H groups in total. The van der Waals surface area contributed by atoms with Crippen molar-refractivity contribution in [3.63, 3.8) is 0 Å². The third-order valence-electron chi connectivity index (χ3n) is 5.08. The van der Waals surface area contributed by atoms with Crippen LogP contribution in [0.15, 0.2) is 23.9 Å². The number of unbranched alkanes of at least 4 members (excludes halogenated alkanes) is 3. The lowest BCUT2D eigenvalue weighted by molar-refractivity contribution is 0.0693. The molecule has 0 aromatic heterocycles. The van der Waals surface area contributed by atoms with Gasteiger partial charge in [-0.05, 0) is 50.2 Å². The molecule has 2 heteroatoms. The van der Waals surface area contributed by atoms with Crippen LogP contribution in [-0.4, -0.2) is 35.6 Å². The number of piperidine rings is 1. The van der Waals surface area contributed by atoms with E-state index in [0.29, 0.717) is 6.17 Å². The van der Waals surface area contributed by atoms with Crippen LogP contribution >= 0.6 is 0 Å². The van der Waals surface area contributed by atoms with Crippen LogP contribution in [-0.2, 0) is 0 Å². The first-order valence-electron chi connectivity index (χ1n) is 9.13. The van der Waals surface area contributed by atoms with Crippen molar-refractivity contribution in [1.82, 2.24) is 9.80 Å². The number of hydrogen-bond donors (Lipinski definition) is 0. The van der Waals surface area contributed by atoms with Gasteiger partial charge in [0.15, 0.2) is 0 Å². The molecule has 2 rings (SSSR count). The average molecular weight is 290 g/mol. The van der Waals surface area contributed by atoms with E-state index in [0.717, 1.165) is 12.5 Å². The van der Waals surface area contributed by atoms with E-state index in [-0.39, 0.29) is 0 Å². The predicted molar refractivity (Wildman–Crippen MR) is 92.1 cm³/mol. The molecule has 0 radical (unpaired) electrons. The van der Waals surface area contributed by atoms with Crippen molar-refractivity contribution in [2.24, 2.45) is 5.92 Å². The van der Waals surface area contributed by atoms with Crippen molar-refractivity contribution >= 4 is 0 Å². The summed E-state index contributed by atoms with van der Waals surface area (Å²) in [4.78, 5) is 5.25. The van der Waals surface area contributed by atoms with Crippen LogP contribution in [0.25, 0.3) is 0 Å². The van der Waals surface area contributed by atoms with Crippen LogP contribution in [0.3, 0.4) is 0 Å². The summed E-state index contributed by atoms with van der Waals surface area (Å²) in [6, 6.07) is 0. The number of allylic oxidation sites excluding steroid dienone is 2. The first kappa shape index (κ1) is 16.6. The molecule has 2 nitrogen and oxygen atoms in total. The largest absolute Gasteiger partial charge is 0.359 e. The molecule has 21 heavy (non-hydrogen) atoms. The zero-order chi connectivity index (χ0) is 15.1. The third-order valence-corrected chi connectivity index (χ3v) is 5.08. The molecule has 0 aromatic rings. The molecule has 0 bridgehead atoms. The normalized spacial score (nSPS) is 24.4. The lowest BCUT2D eigenvalue weighted by Crippen LogP contribution is -2.51. The minimum absolute atomic E-state index is 0.536. The summed E-state index contributed by atoms with van der Waals surface area (Å²) in [6.07, 6.45) is 16.9. The number of likely N-dealkylation sites (N-methyl/N-ethyl adjacent to an activating group) is 1. The van der Waals surface area contributed by atoms with Gasteiger partial charge < -0.3 is 4.90 Å². The Balaban J connectivity index is 1.98. The number of rotatable bonds is 7. The monoisotopic (exact) mass is 290 g/mol. The second-order valence-electron chi connectivity index (χ2n) is 6.82. The summed E-state index contributed by atoms with van der Waals surface area (Å²) >= 11 is 0. The summed E-state index contributed by atoms with van der Waals surface area (Å²) in [5, 5.41) is 0. The lowest BCUT2D eigenvalue weighted by Gasteiger charge is -2.44. The number of nitrogens with zero attached hydrogens (tertiary/aromatic N) is 2. The zero-order valence-corrected chi connectivity index (χ0v) is 14.4. The van der Waals surface area contributed by atoms with E-state index in [1.54, 1.807) is 5.57 Å². The minimum Gasteiger partial charge on any atom is -0.359 e. The summed E-state index contributed by atoms with van der Waals surface area (Å²) in [5.41, 5.74) is 1.64. The van der Waals surface area contributed by atoms with Crippen LogP contribution in [0.5, 0.6) is 0 Å². The first-order valence-corrected chi connectivity index (χ1v) is 9.13. The summed E-state index contributed by atoms with van der Waals surface area (Å²) in [6.45, 7) is 10.6. The molecule has 2 aliphatic heterocycles. The van der Waals surface area contributed by atoms with E-state index in [4.69, 9.17) is 0 Å². The second kappa shape index (κ2) is 8.63. The fourth-order valence-corrected chi connectivity index (χ4v) is 3.62. The third kappa shape index (κ3) is 4.60. The minimum atomic E-state index is 0.536. The Labute approximate surface area is 131 Å². The molecule has 1 fully saturated rings. The van der Waals surface area contributed by atoms with Gasteiger partial charge >= 0.3 is 0 Å². The van der Waals surface area contributed by atoms with Crippen LogP contribution in [0.4, 0.5) is 0 Å². The Morgan fingerprint density at radius 1 is 1.10 bits per heavy atom. The van der Waals surface area contributed by atoms with E-state index < -0.39 is 0 Å². The molecule has 0 saturated carbocycles. The van der Waals surface area contributed by atoms with E-state index >= 15 is 0 Å². The van der Waals surface area contributed by atoms with Gasteiger partial charge in [0.25, 0.3) is 0 Å². The fourth-order valence-electron chi connectivity index (χ4n) is 3.62. The Morgan fingerprint density at radius 2 is 1.86 bits per heavy atom. The lowest BCUT2D eigenvalue weighted by atomic mass is 9.95. The van der Waals surface area contributed by atoms with E-state index in [2.05, 4.69) is 48.9 Å². The van der Waals surface area contributed by atoms with Crippen LogP contribution < -0.4 is 0 Å². The molecule has 1 atom stereocenters. The van der Waals surface area contributed by atoms with Crippen LogP contribution in [0, 0.1) is 5.92 Å². The standard InChI is InChI=1S/C19H34N2/c1-4-6-7-8-10-18-11-9-14-20(5-2)19(18)21-15-12-17(3)13-16-21/h9,11,14,17,19H,4-8,10,12-13,15-16H2,1-3H3. The highest BCUT2D eigenvalue weighted by Crippen LogP contribution is 2.28. The van der Waals surface area contributed by atoms with Gasteiger partial charge in [-0.25, -0.2) is 0 Å². The molecule has 1 saturated heterocycles. The summed E-state index contributed by atoms with van der Waals surface area (Å²) in [5.74, 6) is 0.910. The summed E-state index contributed by atoms with van der Waals surface area (Å²) < 4.78 is 0. The maximum Gasteiger partial charge on any atom is 0.104 e. The number of hydrogen-bond acceptors (Lipinski definition) is 2. The van der Waals surface area contributed by atoms with Crippen LogP contribution in [0.1, 0.15) is 65.7 Å². The smallest absolute Gasteiger partial charge is 0.104 e. The van der Waals surface area contributed by atoms with E-state index in [1.807, 2.05) is 0 Å². The van der Waals surface area contributed by atoms with Crippen molar-refractivity contribution in [3.05, 3.63) is 23.9 Å². The first-order chi connectivity index (χ1) is 10.3. The van der Waals surface area contributed by atoms with Gasteiger partial charge in [-0.3, -0.25) is 4.90 Å². The molecular weight excluding hydrogens is 256 g/mol. The highest BCUT2D eigenvalue weighted by molar-refractivity contribution is 5.23. The predicted octanol–water partition coefficient (Wildman–Crippen LogP) is 4.79. The molecule has 2 aliphatic rings. The highest BCUT2D eigenvalue weighted by Gasteiger charge is 2.29. The molecule has 1 unspecified atom stereocenters. The van der Waals surface area contributed by atoms with Crippen molar-refractivity contribution in [1.29, 1.82) is 0 Å². The van der Waals surface area contributed by atoms with Gasteiger partial charge in [0.1, 0.15) is 6.17 Å². The molecule has 2 heterocycles.